The Morgan fingerprint density at radius 1 is 0.833 bits per heavy atom. The summed E-state index contributed by atoms with van der Waals surface area (Å²) in [5.74, 6) is 0.0206. The predicted octanol–water partition coefficient (Wildman–Crippen LogP) is 6.21. The van der Waals surface area contributed by atoms with Crippen LogP contribution >= 0.6 is 11.3 Å². The molecule has 0 amide bonds. The molecular formula is C25H18O4S. The third-order valence-electron chi connectivity index (χ3n) is 4.80. The molecular weight excluding hydrogens is 396 g/mol. The largest absolute Gasteiger partial charge is 0.423 e. The number of rotatable bonds is 5. The molecule has 0 saturated heterocycles. The third-order valence-corrected chi connectivity index (χ3v) is 6.08. The summed E-state index contributed by atoms with van der Waals surface area (Å²) in [6.07, 6.45) is 2.28. The second kappa shape index (κ2) is 7.97. The van der Waals surface area contributed by atoms with Crippen LogP contribution < -0.4 is 9.47 Å². The van der Waals surface area contributed by atoms with Crippen LogP contribution in [0.5, 0.6) is 11.5 Å². The van der Waals surface area contributed by atoms with Crippen LogP contribution in [-0.4, -0.2) is 11.9 Å². The molecule has 0 spiro atoms. The molecule has 0 fully saturated rings. The van der Waals surface area contributed by atoms with E-state index in [2.05, 4.69) is 32.2 Å². The summed E-state index contributed by atoms with van der Waals surface area (Å²) in [6, 6.07) is 17.3. The summed E-state index contributed by atoms with van der Waals surface area (Å²) in [4.78, 5) is 22.8. The number of fused-ring (bicyclic) bond motifs is 3. The van der Waals surface area contributed by atoms with Gasteiger partial charge in [-0.15, -0.1) is 11.3 Å². The minimum Gasteiger partial charge on any atom is -0.423 e. The first-order chi connectivity index (χ1) is 14.5. The van der Waals surface area contributed by atoms with Crippen LogP contribution in [0.1, 0.15) is 5.56 Å². The van der Waals surface area contributed by atoms with E-state index in [-0.39, 0.29) is 0 Å². The van der Waals surface area contributed by atoms with Gasteiger partial charge in [0, 0.05) is 32.3 Å². The molecule has 30 heavy (non-hydrogen) atoms. The molecule has 1 heterocycles. The minimum atomic E-state index is -0.483. The second-order valence-electron chi connectivity index (χ2n) is 6.65. The van der Waals surface area contributed by atoms with Crippen molar-refractivity contribution in [1.29, 1.82) is 0 Å². The van der Waals surface area contributed by atoms with Gasteiger partial charge >= 0.3 is 11.9 Å². The summed E-state index contributed by atoms with van der Waals surface area (Å²) in [5, 5.41) is 2.28. The molecule has 0 bridgehead atoms. The molecule has 0 radical (unpaired) electrons. The van der Waals surface area contributed by atoms with E-state index < -0.39 is 11.9 Å². The fourth-order valence-corrected chi connectivity index (χ4v) is 4.58. The van der Waals surface area contributed by atoms with Crippen molar-refractivity contribution in [2.45, 2.75) is 6.92 Å². The maximum absolute atomic E-state index is 11.5. The Hall–Kier alpha value is -3.70. The molecule has 148 valence electrons. The number of hydrogen-bond acceptors (Lipinski definition) is 5. The van der Waals surface area contributed by atoms with E-state index in [1.165, 1.54) is 4.70 Å². The first kappa shape index (κ1) is 19.6. The second-order valence-corrected chi connectivity index (χ2v) is 7.70. The van der Waals surface area contributed by atoms with Gasteiger partial charge in [0.05, 0.1) is 0 Å². The molecule has 0 aliphatic carbocycles. The van der Waals surface area contributed by atoms with Gasteiger partial charge in [0.25, 0.3) is 0 Å². The Balaban J connectivity index is 1.73. The average Bonchev–Trinajstić information content (AvgIpc) is 3.13. The molecule has 0 aliphatic rings. The maximum Gasteiger partial charge on any atom is 0.335 e. The van der Waals surface area contributed by atoms with E-state index in [1.807, 2.05) is 24.3 Å². The highest BCUT2D eigenvalue weighted by molar-refractivity contribution is 7.26. The number of carbonyl (C=O) groups is 2. The highest BCUT2D eigenvalue weighted by Gasteiger charge is 2.13. The highest BCUT2D eigenvalue weighted by atomic mass is 32.1. The SMILES string of the molecule is C=CC(=O)Oc1ccc(-c2ccc3c(sc4cc(OC(=O)C=C)ccc43)c2C)cc1. The summed E-state index contributed by atoms with van der Waals surface area (Å²) in [5.41, 5.74) is 3.30. The number of aryl methyl sites for hydroxylation is 1. The van der Waals surface area contributed by atoms with E-state index >= 15 is 0 Å². The molecule has 0 atom stereocenters. The Labute approximate surface area is 177 Å². The Morgan fingerprint density at radius 3 is 2.10 bits per heavy atom. The Bertz CT molecular complexity index is 1310. The average molecular weight is 414 g/mol. The Kier molecular flexibility index (Phi) is 5.21. The standard InChI is InChI=1S/C25H18O4S/c1-4-23(26)28-17-8-6-16(7-9-17)19-12-13-21-20-11-10-18(29-24(27)5-2)14-22(20)30-25(21)15(19)3/h4-14H,1-2H2,3H3. The molecule has 0 saturated carbocycles. The third kappa shape index (κ3) is 3.63. The maximum atomic E-state index is 11.5. The van der Waals surface area contributed by atoms with Gasteiger partial charge in [-0.25, -0.2) is 9.59 Å². The number of thiophene rings is 1. The molecule has 0 unspecified atom stereocenters. The summed E-state index contributed by atoms with van der Waals surface area (Å²) in [7, 11) is 0. The number of benzene rings is 3. The highest BCUT2D eigenvalue weighted by Crippen LogP contribution is 2.40. The number of carbonyl (C=O) groups excluding carboxylic acids is 2. The monoisotopic (exact) mass is 414 g/mol. The zero-order valence-electron chi connectivity index (χ0n) is 16.3. The zero-order chi connectivity index (χ0) is 21.3. The first-order valence-electron chi connectivity index (χ1n) is 9.25. The van der Waals surface area contributed by atoms with Crippen LogP contribution in [0.15, 0.2) is 79.9 Å². The van der Waals surface area contributed by atoms with E-state index in [0.717, 1.165) is 44.3 Å². The lowest BCUT2D eigenvalue weighted by Crippen LogP contribution is -2.02. The lowest BCUT2D eigenvalue weighted by Gasteiger charge is -2.08. The van der Waals surface area contributed by atoms with Crippen LogP contribution in [0.2, 0.25) is 0 Å². The lowest BCUT2D eigenvalue weighted by atomic mass is 9.98. The predicted molar refractivity (Wildman–Crippen MR) is 121 cm³/mol. The van der Waals surface area contributed by atoms with E-state index in [4.69, 9.17) is 9.47 Å². The van der Waals surface area contributed by atoms with Crippen molar-refractivity contribution in [2.24, 2.45) is 0 Å². The fraction of sp³-hybridized carbons (Fsp3) is 0.0400. The Morgan fingerprint density at radius 2 is 1.43 bits per heavy atom. The van der Waals surface area contributed by atoms with E-state index in [0.29, 0.717) is 11.5 Å². The topological polar surface area (TPSA) is 52.6 Å². The molecule has 3 aromatic carbocycles. The smallest absolute Gasteiger partial charge is 0.335 e. The number of hydrogen-bond donors (Lipinski definition) is 0. The van der Waals surface area contributed by atoms with E-state index in [9.17, 15) is 9.59 Å². The van der Waals surface area contributed by atoms with Gasteiger partial charge in [-0.2, -0.15) is 0 Å². The number of ether oxygens (including phenoxy) is 2. The van der Waals surface area contributed by atoms with Crippen molar-refractivity contribution in [3.63, 3.8) is 0 Å². The van der Waals surface area contributed by atoms with Crippen LogP contribution in [0, 0.1) is 6.92 Å². The minimum absolute atomic E-state index is 0.476. The van der Waals surface area contributed by atoms with Gasteiger partial charge in [-0.3, -0.25) is 0 Å². The van der Waals surface area contributed by atoms with Gasteiger partial charge < -0.3 is 9.47 Å². The molecule has 4 rings (SSSR count). The van der Waals surface area contributed by atoms with E-state index in [1.54, 1.807) is 29.5 Å². The molecule has 0 N–H and O–H groups in total. The van der Waals surface area contributed by atoms with Gasteiger partial charge in [-0.1, -0.05) is 37.4 Å². The van der Waals surface area contributed by atoms with Crippen LogP contribution in [0.25, 0.3) is 31.3 Å². The summed E-state index contributed by atoms with van der Waals surface area (Å²) < 4.78 is 12.6. The van der Waals surface area contributed by atoms with Crippen molar-refractivity contribution in [2.75, 3.05) is 0 Å². The first-order valence-corrected chi connectivity index (χ1v) is 10.1. The molecule has 4 nitrogen and oxygen atoms in total. The molecule has 1 aromatic heterocycles. The van der Waals surface area contributed by atoms with Crippen molar-refractivity contribution < 1.29 is 19.1 Å². The van der Waals surface area contributed by atoms with Crippen molar-refractivity contribution >= 4 is 43.4 Å². The molecule has 4 aromatic rings. The van der Waals surface area contributed by atoms with Gasteiger partial charge in [0.15, 0.2) is 0 Å². The van der Waals surface area contributed by atoms with Crippen molar-refractivity contribution in [1.82, 2.24) is 0 Å². The van der Waals surface area contributed by atoms with Crippen molar-refractivity contribution in [3.05, 3.63) is 85.5 Å². The summed E-state index contributed by atoms with van der Waals surface area (Å²) in [6.45, 7) is 8.92. The van der Waals surface area contributed by atoms with Gasteiger partial charge in [-0.05, 0) is 53.9 Å². The zero-order valence-corrected chi connectivity index (χ0v) is 17.1. The fourth-order valence-electron chi connectivity index (χ4n) is 3.35. The van der Waals surface area contributed by atoms with Gasteiger partial charge in [0.2, 0.25) is 0 Å². The quantitative estimate of drug-likeness (QED) is 0.221. The molecule has 5 heteroatoms. The van der Waals surface area contributed by atoms with Crippen LogP contribution in [0.3, 0.4) is 0 Å². The lowest BCUT2D eigenvalue weighted by molar-refractivity contribution is -0.129. The van der Waals surface area contributed by atoms with Crippen molar-refractivity contribution in [3.8, 4) is 22.6 Å². The molecule has 0 aliphatic heterocycles. The van der Waals surface area contributed by atoms with Gasteiger partial charge in [0.1, 0.15) is 11.5 Å². The normalized spacial score (nSPS) is 10.7. The summed E-state index contributed by atoms with van der Waals surface area (Å²) >= 11 is 1.66. The van der Waals surface area contributed by atoms with Crippen LogP contribution in [-0.2, 0) is 9.59 Å². The number of esters is 2. The van der Waals surface area contributed by atoms with Crippen LogP contribution in [0.4, 0.5) is 0 Å².